The van der Waals surface area contributed by atoms with E-state index in [9.17, 15) is 4.79 Å². The number of hydrogen-bond donors (Lipinski definition) is 1. The summed E-state index contributed by atoms with van der Waals surface area (Å²) in [6.45, 7) is 2.24. The maximum absolute atomic E-state index is 13.0. The molecule has 1 heterocycles. The Balaban J connectivity index is 1.73. The number of fused-ring (bicyclic) bond motifs is 1. The van der Waals surface area contributed by atoms with Gasteiger partial charge in [0.25, 0.3) is 5.91 Å². The van der Waals surface area contributed by atoms with E-state index in [0.717, 1.165) is 18.4 Å². The van der Waals surface area contributed by atoms with E-state index in [1.165, 1.54) is 11.1 Å². The fourth-order valence-corrected chi connectivity index (χ4v) is 3.16. The predicted molar refractivity (Wildman–Crippen MR) is 94.6 cm³/mol. The Morgan fingerprint density at radius 2 is 1.83 bits per heavy atom. The Kier molecular flexibility index (Phi) is 5.62. The molecule has 0 radical (unpaired) electrons. The average Bonchev–Trinajstić information content (AvgIpc) is 2.65. The number of nitrogens with zero attached hydrogens (tertiary/aromatic N) is 1. The molecular weight excluding hydrogens is 300 g/mol. The van der Waals surface area contributed by atoms with Crippen LogP contribution in [-0.2, 0) is 22.4 Å². The van der Waals surface area contributed by atoms with Crippen LogP contribution in [0.1, 0.15) is 22.8 Å². The molecule has 1 aliphatic rings. The van der Waals surface area contributed by atoms with Gasteiger partial charge >= 0.3 is 0 Å². The summed E-state index contributed by atoms with van der Waals surface area (Å²) in [4.78, 5) is 14.9. The largest absolute Gasteiger partial charge is 0.363 e. The summed E-state index contributed by atoms with van der Waals surface area (Å²) in [5, 5.41) is 0. The minimum atomic E-state index is -0.503. The van der Waals surface area contributed by atoms with Crippen molar-refractivity contribution in [2.24, 2.45) is 5.73 Å². The van der Waals surface area contributed by atoms with Crippen molar-refractivity contribution in [1.29, 1.82) is 0 Å². The molecule has 1 atom stereocenters. The molecule has 126 valence electrons. The van der Waals surface area contributed by atoms with Gasteiger partial charge in [0, 0.05) is 19.6 Å². The van der Waals surface area contributed by atoms with Crippen LogP contribution >= 0.6 is 0 Å². The summed E-state index contributed by atoms with van der Waals surface area (Å²) < 4.78 is 5.81. The first-order valence-corrected chi connectivity index (χ1v) is 8.52. The van der Waals surface area contributed by atoms with Crippen LogP contribution in [0.3, 0.4) is 0 Å². The number of carbonyl (C=O) groups is 1. The van der Waals surface area contributed by atoms with Crippen LogP contribution in [0.15, 0.2) is 54.6 Å². The Bertz CT molecular complexity index is 672. The lowest BCUT2D eigenvalue weighted by Gasteiger charge is -2.31. The van der Waals surface area contributed by atoms with Crippen LogP contribution in [0, 0.1) is 0 Å². The fraction of sp³-hybridized carbons (Fsp3) is 0.350. The molecule has 2 aromatic carbocycles. The van der Waals surface area contributed by atoms with E-state index in [-0.39, 0.29) is 5.91 Å². The van der Waals surface area contributed by atoms with Crippen LogP contribution in [-0.4, -0.2) is 37.0 Å². The van der Waals surface area contributed by atoms with Gasteiger partial charge in [-0.05, 0) is 29.5 Å². The molecule has 2 aromatic rings. The van der Waals surface area contributed by atoms with Crippen molar-refractivity contribution in [3.63, 3.8) is 0 Å². The van der Waals surface area contributed by atoms with Crippen molar-refractivity contribution in [3.05, 3.63) is 71.3 Å². The van der Waals surface area contributed by atoms with E-state index in [1.807, 2.05) is 41.3 Å². The molecule has 0 bridgehead atoms. The summed E-state index contributed by atoms with van der Waals surface area (Å²) in [6.07, 6.45) is 1.18. The zero-order valence-electron chi connectivity index (χ0n) is 13.9. The van der Waals surface area contributed by atoms with E-state index < -0.39 is 6.10 Å². The van der Waals surface area contributed by atoms with E-state index in [0.29, 0.717) is 26.2 Å². The molecule has 0 fully saturated rings. The maximum atomic E-state index is 13.0. The summed E-state index contributed by atoms with van der Waals surface area (Å²) in [6, 6.07) is 18.2. The molecular formula is C20H24N2O2. The molecule has 0 aromatic heterocycles. The third-order valence-corrected chi connectivity index (χ3v) is 4.44. The van der Waals surface area contributed by atoms with Crippen LogP contribution in [0.25, 0.3) is 0 Å². The summed E-state index contributed by atoms with van der Waals surface area (Å²) >= 11 is 0. The normalized spacial score (nSPS) is 16.5. The van der Waals surface area contributed by atoms with Gasteiger partial charge in [-0.25, -0.2) is 0 Å². The molecule has 3 rings (SSSR count). The number of benzene rings is 2. The number of carbonyl (C=O) groups excluding carboxylic acids is 1. The van der Waals surface area contributed by atoms with Crippen LogP contribution in [0.4, 0.5) is 0 Å². The summed E-state index contributed by atoms with van der Waals surface area (Å²) in [5.74, 6) is 0.0172. The van der Waals surface area contributed by atoms with Crippen molar-refractivity contribution in [1.82, 2.24) is 4.90 Å². The maximum Gasteiger partial charge on any atom is 0.256 e. The minimum Gasteiger partial charge on any atom is -0.363 e. The second-order valence-corrected chi connectivity index (χ2v) is 6.05. The second-order valence-electron chi connectivity index (χ2n) is 6.05. The highest BCUT2D eigenvalue weighted by molar-refractivity contribution is 5.83. The van der Waals surface area contributed by atoms with Crippen molar-refractivity contribution in [2.75, 3.05) is 26.2 Å². The predicted octanol–water partition coefficient (Wildman–Crippen LogP) is 2.33. The Labute approximate surface area is 143 Å². The lowest BCUT2D eigenvalue weighted by molar-refractivity contribution is -0.145. The Morgan fingerprint density at radius 3 is 2.62 bits per heavy atom. The van der Waals surface area contributed by atoms with E-state index in [2.05, 4.69) is 18.2 Å². The number of ether oxygens (including phenoxy) is 1. The smallest absolute Gasteiger partial charge is 0.256 e. The number of hydrogen-bond acceptors (Lipinski definition) is 3. The number of nitrogens with two attached hydrogens (primary N) is 1. The van der Waals surface area contributed by atoms with Gasteiger partial charge in [-0.15, -0.1) is 0 Å². The minimum absolute atomic E-state index is 0.0172. The quantitative estimate of drug-likeness (QED) is 0.887. The molecule has 4 nitrogen and oxygen atoms in total. The van der Waals surface area contributed by atoms with Crippen molar-refractivity contribution in [2.45, 2.75) is 18.9 Å². The average molecular weight is 324 g/mol. The molecule has 0 saturated carbocycles. The molecule has 4 heteroatoms. The van der Waals surface area contributed by atoms with Crippen LogP contribution in [0.2, 0.25) is 0 Å². The summed E-state index contributed by atoms with van der Waals surface area (Å²) in [7, 11) is 0. The molecule has 0 saturated heterocycles. The number of amides is 1. The molecule has 24 heavy (non-hydrogen) atoms. The Morgan fingerprint density at radius 1 is 1.08 bits per heavy atom. The fourth-order valence-electron chi connectivity index (χ4n) is 3.16. The van der Waals surface area contributed by atoms with Gasteiger partial charge in [-0.3, -0.25) is 4.79 Å². The van der Waals surface area contributed by atoms with E-state index >= 15 is 0 Å². The molecule has 1 unspecified atom stereocenters. The highest BCUT2D eigenvalue weighted by atomic mass is 16.5. The Hall–Kier alpha value is -2.17. The first-order valence-electron chi connectivity index (χ1n) is 8.52. The molecule has 0 aliphatic carbocycles. The first-order chi connectivity index (χ1) is 11.8. The monoisotopic (exact) mass is 324 g/mol. The lowest BCUT2D eigenvalue weighted by atomic mass is 9.96. The highest BCUT2D eigenvalue weighted by Crippen LogP contribution is 2.28. The van der Waals surface area contributed by atoms with Gasteiger partial charge in [0.2, 0.25) is 0 Å². The van der Waals surface area contributed by atoms with Crippen molar-refractivity contribution < 1.29 is 9.53 Å². The van der Waals surface area contributed by atoms with Gasteiger partial charge in [-0.1, -0.05) is 54.6 Å². The highest BCUT2D eigenvalue weighted by Gasteiger charge is 2.30. The van der Waals surface area contributed by atoms with Crippen LogP contribution < -0.4 is 5.73 Å². The third-order valence-electron chi connectivity index (χ3n) is 4.44. The van der Waals surface area contributed by atoms with Crippen LogP contribution in [0.5, 0.6) is 0 Å². The van der Waals surface area contributed by atoms with Gasteiger partial charge in [0.1, 0.15) is 0 Å². The molecule has 1 aliphatic heterocycles. The SMILES string of the molecule is NCCN(CCc1ccccc1)C(=O)C1OCCc2ccccc21. The van der Waals surface area contributed by atoms with Gasteiger partial charge in [-0.2, -0.15) is 0 Å². The third kappa shape index (κ3) is 3.83. The topological polar surface area (TPSA) is 55.6 Å². The van der Waals surface area contributed by atoms with Gasteiger partial charge in [0.05, 0.1) is 6.61 Å². The summed E-state index contributed by atoms with van der Waals surface area (Å²) in [5.41, 5.74) is 9.15. The molecule has 0 spiro atoms. The standard InChI is InChI=1S/C20H24N2O2/c21-12-14-22(13-10-16-6-2-1-3-7-16)20(23)19-18-9-5-4-8-17(18)11-15-24-19/h1-9,19H,10-15,21H2. The zero-order valence-corrected chi connectivity index (χ0v) is 13.9. The van der Waals surface area contributed by atoms with Gasteiger partial charge < -0.3 is 15.4 Å². The molecule has 1 amide bonds. The zero-order chi connectivity index (χ0) is 16.8. The molecule has 2 N–H and O–H groups in total. The second kappa shape index (κ2) is 8.08. The van der Waals surface area contributed by atoms with Crippen molar-refractivity contribution in [3.8, 4) is 0 Å². The van der Waals surface area contributed by atoms with E-state index in [1.54, 1.807) is 0 Å². The first kappa shape index (κ1) is 16.7. The van der Waals surface area contributed by atoms with E-state index in [4.69, 9.17) is 10.5 Å². The van der Waals surface area contributed by atoms with Gasteiger partial charge in [0.15, 0.2) is 6.10 Å². The van der Waals surface area contributed by atoms with Crippen molar-refractivity contribution >= 4 is 5.91 Å². The number of rotatable bonds is 6. The lowest BCUT2D eigenvalue weighted by Crippen LogP contribution is -2.41.